The zero-order valence-electron chi connectivity index (χ0n) is 9.49. The van der Waals surface area contributed by atoms with Gasteiger partial charge in [-0.3, -0.25) is 4.72 Å². The minimum absolute atomic E-state index is 0.0341. The Labute approximate surface area is 101 Å². The molecule has 6 heteroatoms. The lowest BCUT2D eigenvalue weighted by atomic mass is 10.2. The van der Waals surface area contributed by atoms with Crippen LogP contribution in [0.25, 0.3) is 0 Å². The molecule has 0 amide bonds. The fourth-order valence-corrected chi connectivity index (χ4v) is 2.28. The molecule has 1 aromatic rings. The number of para-hydroxylation sites is 1. The molecular formula is C10H15ClN2O2S. The number of benzene rings is 1. The van der Waals surface area contributed by atoms with Crippen molar-refractivity contribution in [3.8, 4) is 0 Å². The highest BCUT2D eigenvalue weighted by atomic mass is 35.5. The molecule has 0 heterocycles. The summed E-state index contributed by atoms with van der Waals surface area (Å²) in [5.74, 6) is 0.0341. The Morgan fingerprint density at radius 1 is 1.38 bits per heavy atom. The molecule has 0 atom stereocenters. The van der Waals surface area contributed by atoms with E-state index in [2.05, 4.69) is 4.72 Å². The van der Waals surface area contributed by atoms with Crippen LogP contribution >= 0.6 is 11.6 Å². The second-order valence-electron chi connectivity index (χ2n) is 3.54. The van der Waals surface area contributed by atoms with Crippen LogP contribution in [0.2, 0.25) is 5.02 Å². The molecule has 0 radical (unpaired) electrons. The lowest BCUT2D eigenvalue weighted by Crippen LogP contribution is -2.18. The van der Waals surface area contributed by atoms with Gasteiger partial charge in [-0.15, -0.1) is 0 Å². The average molecular weight is 263 g/mol. The fraction of sp³-hybridized carbons (Fsp3) is 0.400. The predicted octanol–water partition coefficient (Wildman–Crippen LogP) is 2.17. The number of hydrogen-bond acceptors (Lipinski definition) is 3. The highest BCUT2D eigenvalue weighted by molar-refractivity contribution is 7.92. The van der Waals surface area contributed by atoms with E-state index in [-0.39, 0.29) is 5.75 Å². The third kappa shape index (κ3) is 3.02. The zero-order chi connectivity index (χ0) is 12.3. The van der Waals surface area contributed by atoms with Crippen LogP contribution in [0.15, 0.2) is 18.2 Å². The molecule has 1 aromatic carbocycles. The van der Waals surface area contributed by atoms with Crippen molar-refractivity contribution in [3.63, 3.8) is 0 Å². The normalized spacial score (nSPS) is 11.2. The summed E-state index contributed by atoms with van der Waals surface area (Å²) in [5, 5.41) is 0.515. The first-order valence-corrected chi connectivity index (χ1v) is 6.86. The molecule has 0 aliphatic carbocycles. The summed E-state index contributed by atoms with van der Waals surface area (Å²) < 4.78 is 25.5. The van der Waals surface area contributed by atoms with Gasteiger partial charge < -0.3 is 4.90 Å². The molecular weight excluding hydrogens is 248 g/mol. The molecule has 0 saturated heterocycles. The Hall–Kier alpha value is -0.940. The molecule has 1 N–H and O–H groups in total. The van der Waals surface area contributed by atoms with Gasteiger partial charge >= 0.3 is 0 Å². The molecule has 0 fully saturated rings. The zero-order valence-corrected chi connectivity index (χ0v) is 11.1. The number of halogens is 1. The van der Waals surface area contributed by atoms with Crippen LogP contribution in [0, 0.1) is 0 Å². The topological polar surface area (TPSA) is 49.4 Å². The molecule has 0 aliphatic rings. The average Bonchev–Trinajstić information content (AvgIpc) is 2.16. The first-order chi connectivity index (χ1) is 7.37. The number of sulfonamides is 1. The largest absolute Gasteiger partial charge is 0.375 e. The number of hydrogen-bond donors (Lipinski definition) is 1. The minimum Gasteiger partial charge on any atom is -0.375 e. The van der Waals surface area contributed by atoms with Gasteiger partial charge in [-0.1, -0.05) is 17.7 Å². The van der Waals surface area contributed by atoms with E-state index in [1.54, 1.807) is 30.0 Å². The minimum atomic E-state index is -3.28. The van der Waals surface area contributed by atoms with Crippen LogP contribution in [0.4, 0.5) is 11.4 Å². The quantitative estimate of drug-likeness (QED) is 0.905. The lowest BCUT2D eigenvalue weighted by Gasteiger charge is -2.19. The summed E-state index contributed by atoms with van der Waals surface area (Å²) in [6.45, 7) is 1.59. The Balaban J connectivity index is 3.19. The first-order valence-electron chi connectivity index (χ1n) is 4.83. The van der Waals surface area contributed by atoms with Crippen LogP contribution in [-0.4, -0.2) is 28.3 Å². The fourth-order valence-electron chi connectivity index (χ4n) is 1.29. The maximum atomic E-state index is 11.5. The maximum Gasteiger partial charge on any atom is 0.232 e. The number of nitrogens with one attached hydrogen (secondary N) is 1. The van der Waals surface area contributed by atoms with Crippen molar-refractivity contribution in [1.82, 2.24) is 0 Å². The molecule has 0 saturated carbocycles. The van der Waals surface area contributed by atoms with Crippen LogP contribution in [0.5, 0.6) is 0 Å². The van der Waals surface area contributed by atoms with Crippen molar-refractivity contribution in [2.75, 3.05) is 29.5 Å². The number of nitrogens with zero attached hydrogens (tertiary/aromatic N) is 1. The first kappa shape index (κ1) is 13.1. The maximum absolute atomic E-state index is 11.5. The van der Waals surface area contributed by atoms with E-state index in [1.807, 2.05) is 14.1 Å². The van der Waals surface area contributed by atoms with Crippen molar-refractivity contribution in [3.05, 3.63) is 23.2 Å². The van der Waals surface area contributed by atoms with Gasteiger partial charge in [0.25, 0.3) is 0 Å². The molecule has 0 unspecified atom stereocenters. The highest BCUT2D eigenvalue weighted by Gasteiger charge is 2.13. The lowest BCUT2D eigenvalue weighted by molar-refractivity contribution is 0.602. The van der Waals surface area contributed by atoms with Crippen molar-refractivity contribution in [2.45, 2.75) is 6.92 Å². The highest BCUT2D eigenvalue weighted by Crippen LogP contribution is 2.32. The summed E-state index contributed by atoms with van der Waals surface area (Å²) >= 11 is 6.02. The second kappa shape index (κ2) is 4.93. The number of anilines is 2. The summed E-state index contributed by atoms with van der Waals surface area (Å²) in [6, 6.07) is 5.12. The van der Waals surface area contributed by atoms with Crippen LogP contribution in [-0.2, 0) is 10.0 Å². The Morgan fingerprint density at radius 3 is 2.50 bits per heavy atom. The Kier molecular flexibility index (Phi) is 4.04. The SMILES string of the molecule is CCS(=O)(=O)Nc1cccc(Cl)c1N(C)C. The molecule has 90 valence electrons. The summed E-state index contributed by atoms with van der Waals surface area (Å²) in [4.78, 5) is 1.77. The molecule has 0 spiro atoms. The van der Waals surface area contributed by atoms with E-state index >= 15 is 0 Å². The van der Waals surface area contributed by atoms with Crippen LogP contribution in [0.1, 0.15) is 6.92 Å². The van der Waals surface area contributed by atoms with Crippen LogP contribution < -0.4 is 9.62 Å². The van der Waals surface area contributed by atoms with Gasteiger partial charge in [0.15, 0.2) is 0 Å². The predicted molar refractivity (Wildman–Crippen MR) is 68.9 cm³/mol. The Bertz CT molecular complexity index is 472. The molecule has 16 heavy (non-hydrogen) atoms. The molecule has 0 bridgehead atoms. The monoisotopic (exact) mass is 262 g/mol. The van der Waals surface area contributed by atoms with Gasteiger partial charge in [-0.25, -0.2) is 8.42 Å². The van der Waals surface area contributed by atoms with E-state index in [4.69, 9.17) is 11.6 Å². The third-order valence-electron chi connectivity index (χ3n) is 2.08. The van der Waals surface area contributed by atoms with E-state index in [9.17, 15) is 8.42 Å². The number of rotatable bonds is 4. The standard InChI is InChI=1S/C10H15ClN2O2S/c1-4-16(14,15)12-9-7-5-6-8(11)10(9)13(2)3/h5-7,12H,4H2,1-3H3. The summed E-state index contributed by atoms with van der Waals surface area (Å²) in [7, 11) is 0.340. The van der Waals surface area contributed by atoms with Gasteiger partial charge in [0.05, 0.1) is 22.2 Å². The van der Waals surface area contributed by atoms with Gasteiger partial charge in [0.2, 0.25) is 10.0 Å². The van der Waals surface area contributed by atoms with Gasteiger partial charge in [0, 0.05) is 14.1 Å². The second-order valence-corrected chi connectivity index (χ2v) is 5.95. The van der Waals surface area contributed by atoms with Crippen LogP contribution in [0.3, 0.4) is 0 Å². The summed E-state index contributed by atoms with van der Waals surface area (Å²) in [6.07, 6.45) is 0. The van der Waals surface area contributed by atoms with E-state index in [1.165, 1.54) is 0 Å². The van der Waals surface area contributed by atoms with Gasteiger partial charge in [-0.05, 0) is 19.1 Å². The van der Waals surface area contributed by atoms with E-state index in [0.717, 1.165) is 0 Å². The molecule has 0 aliphatic heterocycles. The third-order valence-corrected chi connectivity index (χ3v) is 3.68. The Morgan fingerprint density at radius 2 is 2.00 bits per heavy atom. The van der Waals surface area contributed by atoms with E-state index < -0.39 is 10.0 Å². The van der Waals surface area contributed by atoms with Gasteiger partial charge in [-0.2, -0.15) is 0 Å². The summed E-state index contributed by atoms with van der Waals surface area (Å²) in [5.41, 5.74) is 1.17. The van der Waals surface area contributed by atoms with Crippen molar-refractivity contribution >= 4 is 33.0 Å². The van der Waals surface area contributed by atoms with Crippen molar-refractivity contribution in [1.29, 1.82) is 0 Å². The van der Waals surface area contributed by atoms with Crippen molar-refractivity contribution < 1.29 is 8.42 Å². The molecule has 4 nitrogen and oxygen atoms in total. The van der Waals surface area contributed by atoms with E-state index in [0.29, 0.717) is 16.4 Å². The molecule has 0 aromatic heterocycles. The van der Waals surface area contributed by atoms with Gasteiger partial charge in [0.1, 0.15) is 0 Å². The molecule has 1 rings (SSSR count). The smallest absolute Gasteiger partial charge is 0.232 e. The van der Waals surface area contributed by atoms with Crippen molar-refractivity contribution in [2.24, 2.45) is 0 Å².